The molecule has 3 aromatic rings. The van der Waals surface area contributed by atoms with E-state index in [1.54, 1.807) is 6.92 Å². The Hall–Kier alpha value is -3.08. The van der Waals surface area contributed by atoms with E-state index < -0.39 is 21.8 Å². The summed E-state index contributed by atoms with van der Waals surface area (Å²) >= 11 is 0. The van der Waals surface area contributed by atoms with Gasteiger partial charge in [0.15, 0.2) is 0 Å². The van der Waals surface area contributed by atoms with E-state index in [9.17, 15) is 21.6 Å². The molecule has 0 fully saturated rings. The first-order chi connectivity index (χ1) is 13.2. The lowest BCUT2D eigenvalue weighted by Gasteiger charge is -2.15. The van der Waals surface area contributed by atoms with Crippen molar-refractivity contribution >= 4 is 15.7 Å². The van der Waals surface area contributed by atoms with Crippen LogP contribution in [-0.2, 0) is 16.2 Å². The Morgan fingerprint density at radius 3 is 2.43 bits per heavy atom. The van der Waals surface area contributed by atoms with Crippen molar-refractivity contribution in [3.63, 3.8) is 0 Å². The Labute approximate surface area is 158 Å². The number of nitrogens with zero attached hydrogens (tertiary/aromatic N) is 3. The molecular formula is C17H15F3N4O3S. The minimum atomic E-state index is -4.64. The molecule has 1 aromatic heterocycles. The van der Waals surface area contributed by atoms with Gasteiger partial charge >= 0.3 is 6.18 Å². The third-order valence-corrected chi connectivity index (χ3v) is 5.06. The quantitative estimate of drug-likeness (QED) is 0.670. The van der Waals surface area contributed by atoms with Crippen molar-refractivity contribution in [3.8, 4) is 11.4 Å². The first-order valence-corrected chi connectivity index (χ1v) is 9.51. The van der Waals surface area contributed by atoms with Gasteiger partial charge in [-0.25, -0.2) is 18.1 Å². The van der Waals surface area contributed by atoms with Gasteiger partial charge in [-0.1, -0.05) is 0 Å². The zero-order chi connectivity index (χ0) is 20.4. The molecule has 0 aliphatic heterocycles. The third kappa shape index (κ3) is 4.25. The van der Waals surface area contributed by atoms with E-state index in [0.29, 0.717) is 18.4 Å². The second kappa shape index (κ2) is 7.50. The maximum Gasteiger partial charge on any atom is 0.416 e. The fourth-order valence-electron chi connectivity index (χ4n) is 2.41. The predicted octanol–water partition coefficient (Wildman–Crippen LogP) is 3.49. The lowest BCUT2D eigenvalue weighted by Crippen LogP contribution is -2.16. The van der Waals surface area contributed by atoms with Crippen molar-refractivity contribution in [1.29, 1.82) is 0 Å². The number of benzene rings is 2. The van der Waals surface area contributed by atoms with Crippen molar-refractivity contribution < 1.29 is 26.3 Å². The second-order valence-electron chi connectivity index (χ2n) is 5.58. The normalized spacial score (nSPS) is 12.0. The van der Waals surface area contributed by atoms with Crippen LogP contribution in [0.5, 0.6) is 5.75 Å². The Kier molecular flexibility index (Phi) is 5.27. The fraction of sp³-hybridized carbons (Fsp3) is 0.176. The molecule has 0 atom stereocenters. The molecule has 0 unspecified atom stereocenters. The fourth-order valence-corrected chi connectivity index (χ4v) is 3.48. The van der Waals surface area contributed by atoms with Gasteiger partial charge in [0.1, 0.15) is 18.4 Å². The number of hydrogen-bond acceptors (Lipinski definition) is 5. The van der Waals surface area contributed by atoms with Gasteiger partial charge in [-0.2, -0.15) is 18.3 Å². The molecule has 1 heterocycles. The molecule has 0 saturated carbocycles. The maximum absolute atomic E-state index is 13.1. The van der Waals surface area contributed by atoms with Crippen molar-refractivity contribution in [3.05, 3.63) is 60.7 Å². The summed E-state index contributed by atoms with van der Waals surface area (Å²) in [7, 11) is -4.16. The highest BCUT2D eigenvalue weighted by Gasteiger charge is 2.32. The second-order valence-corrected chi connectivity index (χ2v) is 7.26. The van der Waals surface area contributed by atoms with Crippen LogP contribution in [-0.4, -0.2) is 29.8 Å². The summed E-state index contributed by atoms with van der Waals surface area (Å²) in [4.78, 5) is 3.60. The zero-order valence-corrected chi connectivity index (χ0v) is 15.3. The number of rotatable bonds is 6. The molecule has 0 aliphatic carbocycles. The molecule has 2 aromatic carbocycles. The van der Waals surface area contributed by atoms with Crippen LogP contribution in [0.4, 0.5) is 18.9 Å². The van der Waals surface area contributed by atoms with Gasteiger partial charge in [-0.15, -0.1) is 0 Å². The van der Waals surface area contributed by atoms with E-state index in [0.717, 1.165) is 16.8 Å². The Bertz CT molecular complexity index is 1050. The summed E-state index contributed by atoms with van der Waals surface area (Å²) < 4.78 is 73.2. The van der Waals surface area contributed by atoms with Crippen LogP contribution in [0.1, 0.15) is 12.5 Å². The molecule has 7 nitrogen and oxygen atoms in total. The van der Waals surface area contributed by atoms with E-state index in [1.807, 2.05) is 0 Å². The van der Waals surface area contributed by atoms with Crippen LogP contribution >= 0.6 is 0 Å². The lowest BCUT2D eigenvalue weighted by molar-refractivity contribution is -0.137. The van der Waals surface area contributed by atoms with Crippen LogP contribution in [0.25, 0.3) is 5.69 Å². The first kappa shape index (κ1) is 19.7. The smallest absolute Gasteiger partial charge is 0.416 e. The molecular weight excluding hydrogens is 397 g/mol. The van der Waals surface area contributed by atoms with Crippen LogP contribution < -0.4 is 9.46 Å². The standard InChI is InChI=1S/C17H15F3N4O3S/c1-2-27-13-4-6-14(7-5-13)28(25,26)23-15-9-12(17(18,19)20)3-8-16(15)24-11-21-10-22-24/h3-11,23H,2H2,1H3. The summed E-state index contributed by atoms with van der Waals surface area (Å²) in [5.74, 6) is 0.476. The number of sulfonamides is 1. The molecule has 0 radical (unpaired) electrons. The average Bonchev–Trinajstić information content (AvgIpc) is 3.16. The predicted molar refractivity (Wildman–Crippen MR) is 94.8 cm³/mol. The van der Waals surface area contributed by atoms with Crippen LogP contribution in [0, 0.1) is 0 Å². The average molecular weight is 412 g/mol. The molecule has 3 rings (SSSR count). The zero-order valence-electron chi connectivity index (χ0n) is 14.5. The van der Waals surface area contributed by atoms with Crippen LogP contribution in [0.15, 0.2) is 60.0 Å². The molecule has 0 bridgehead atoms. The molecule has 0 amide bonds. The van der Waals surface area contributed by atoms with Crippen molar-refractivity contribution in [2.75, 3.05) is 11.3 Å². The number of alkyl halides is 3. The van der Waals surface area contributed by atoms with E-state index >= 15 is 0 Å². The largest absolute Gasteiger partial charge is 0.494 e. The van der Waals surface area contributed by atoms with E-state index in [2.05, 4.69) is 14.8 Å². The number of ether oxygens (including phenoxy) is 1. The number of aromatic nitrogens is 3. The minimum absolute atomic E-state index is 0.0972. The summed E-state index contributed by atoms with van der Waals surface area (Å²) in [6.07, 6.45) is -2.21. The highest BCUT2D eigenvalue weighted by atomic mass is 32.2. The summed E-state index contributed by atoms with van der Waals surface area (Å²) in [6, 6.07) is 8.19. The van der Waals surface area contributed by atoms with Gasteiger partial charge < -0.3 is 4.74 Å². The Balaban J connectivity index is 2.01. The van der Waals surface area contributed by atoms with E-state index in [1.165, 1.54) is 36.9 Å². The Morgan fingerprint density at radius 2 is 1.86 bits per heavy atom. The summed E-state index contributed by atoms with van der Waals surface area (Å²) in [5, 5.41) is 3.85. The topological polar surface area (TPSA) is 86.1 Å². The van der Waals surface area contributed by atoms with E-state index in [-0.39, 0.29) is 16.3 Å². The van der Waals surface area contributed by atoms with Gasteiger partial charge in [0, 0.05) is 0 Å². The van der Waals surface area contributed by atoms with E-state index in [4.69, 9.17) is 4.74 Å². The number of nitrogens with one attached hydrogen (secondary N) is 1. The first-order valence-electron chi connectivity index (χ1n) is 8.02. The van der Waals surface area contributed by atoms with Crippen LogP contribution in [0.2, 0.25) is 0 Å². The van der Waals surface area contributed by atoms with Crippen molar-refractivity contribution in [1.82, 2.24) is 14.8 Å². The van der Waals surface area contributed by atoms with Gasteiger partial charge in [-0.05, 0) is 49.4 Å². The van der Waals surface area contributed by atoms with Crippen LogP contribution in [0.3, 0.4) is 0 Å². The molecule has 0 aliphatic rings. The molecule has 148 valence electrons. The van der Waals surface area contributed by atoms with Crippen molar-refractivity contribution in [2.24, 2.45) is 0 Å². The van der Waals surface area contributed by atoms with Gasteiger partial charge in [0.25, 0.3) is 10.0 Å². The Morgan fingerprint density at radius 1 is 1.14 bits per heavy atom. The van der Waals surface area contributed by atoms with Gasteiger partial charge in [0.2, 0.25) is 0 Å². The highest BCUT2D eigenvalue weighted by Crippen LogP contribution is 2.34. The number of hydrogen-bond donors (Lipinski definition) is 1. The molecule has 0 spiro atoms. The SMILES string of the molecule is CCOc1ccc(S(=O)(=O)Nc2cc(C(F)(F)F)ccc2-n2cncn2)cc1. The van der Waals surface area contributed by atoms with Crippen molar-refractivity contribution in [2.45, 2.75) is 18.0 Å². The molecule has 28 heavy (non-hydrogen) atoms. The molecule has 0 saturated heterocycles. The summed E-state index contributed by atoms with van der Waals surface area (Å²) in [5.41, 5.74) is -1.19. The van der Waals surface area contributed by atoms with Gasteiger partial charge in [-0.3, -0.25) is 4.72 Å². The monoisotopic (exact) mass is 412 g/mol. The third-order valence-electron chi connectivity index (χ3n) is 3.68. The molecule has 11 heteroatoms. The molecule has 1 N–H and O–H groups in total. The highest BCUT2D eigenvalue weighted by molar-refractivity contribution is 7.92. The van der Waals surface area contributed by atoms with Gasteiger partial charge in [0.05, 0.1) is 28.4 Å². The lowest BCUT2D eigenvalue weighted by atomic mass is 10.1. The number of anilines is 1. The maximum atomic E-state index is 13.1. The minimum Gasteiger partial charge on any atom is -0.494 e. The number of halogens is 3. The summed E-state index contributed by atoms with van der Waals surface area (Å²) in [6.45, 7) is 2.20.